The molecule has 6 nitrogen and oxygen atoms in total. The Hall–Kier alpha value is -3.80. The van der Waals surface area contributed by atoms with Crippen molar-refractivity contribution in [2.75, 3.05) is 22.6 Å². The van der Waals surface area contributed by atoms with Crippen molar-refractivity contribution in [2.45, 2.75) is 6.92 Å². The van der Waals surface area contributed by atoms with Crippen LogP contribution < -0.4 is 20.3 Å². The topological polar surface area (TPSA) is 70.7 Å². The largest absolute Gasteiger partial charge is 0.454 e. The van der Waals surface area contributed by atoms with Crippen LogP contribution in [0.25, 0.3) is 0 Å². The van der Waals surface area contributed by atoms with E-state index in [1.807, 2.05) is 43.3 Å². The van der Waals surface area contributed by atoms with Crippen LogP contribution in [-0.4, -0.2) is 19.0 Å². The minimum Gasteiger partial charge on any atom is -0.454 e. The van der Waals surface area contributed by atoms with Crippen LogP contribution in [0.1, 0.15) is 15.9 Å². The predicted molar refractivity (Wildman–Crippen MR) is 110 cm³/mol. The molecular weight excluding hydrogens is 354 g/mol. The molecule has 140 valence electrons. The number of ether oxygens (including phenoxy) is 1. The maximum atomic E-state index is 13.0. The number of benzene rings is 3. The Bertz CT molecular complexity index is 1060. The number of anilines is 3. The van der Waals surface area contributed by atoms with E-state index in [0.29, 0.717) is 34.1 Å². The van der Waals surface area contributed by atoms with Gasteiger partial charge in [0.05, 0.1) is 11.3 Å². The molecule has 3 aromatic rings. The number of aryl methyl sites for hydroxylation is 1. The second kappa shape index (κ2) is 7.08. The minimum absolute atomic E-state index is 0.202. The maximum Gasteiger partial charge on any atom is 0.323 e. The highest BCUT2D eigenvalue weighted by Gasteiger charge is 2.26. The van der Waals surface area contributed by atoms with Crippen molar-refractivity contribution in [3.05, 3.63) is 77.9 Å². The van der Waals surface area contributed by atoms with Crippen molar-refractivity contribution in [1.29, 1.82) is 0 Å². The van der Waals surface area contributed by atoms with E-state index in [2.05, 4.69) is 10.6 Å². The van der Waals surface area contributed by atoms with Crippen LogP contribution in [0.4, 0.5) is 21.9 Å². The van der Waals surface area contributed by atoms with Crippen molar-refractivity contribution < 1.29 is 14.3 Å². The lowest BCUT2D eigenvalue weighted by Gasteiger charge is -2.16. The molecule has 0 unspecified atom stereocenters. The van der Waals surface area contributed by atoms with E-state index in [0.717, 1.165) is 5.56 Å². The summed E-state index contributed by atoms with van der Waals surface area (Å²) in [7, 11) is 1.71. The lowest BCUT2D eigenvalue weighted by Crippen LogP contribution is -2.25. The normalized spacial score (nSPS) is 12.4. The molecule has 0 radical (unpaired) electrons. The second-order valence-electron chi connectivity index (χ2n) is 6.59. The highest BCUT2D eigenvalue weighted by atomic mass is 16.5. The van der Waals surface area contributed by atoms with Gasteiger partial charge in [-0.15, -0.1) is 0 Å². The summed E-state index contributed by atoms with van der Waals surface area (Å²) in [5, 5.41) is 5.50. The van der Waals surface area contributed by atoms with E-state index in [-0.39, 0.29) is 11.9 Å². The Morgan fingerprint density at radius 1 is 0.893 bits per heavy atom. The minimum atomic E-state index is -0.389. The average molecular weight is 373 g/mol. The number of urea groups is 1. The molecule has 0 aliphatic carbocycles. The van der Waals surface area contributed by atoms with E-state index in [4.69, 9.17) is 4.74 Å². The molecule has 1 aliphatic rings. The number of hydrogen-bond acceptors (Lipinski definition) is 3. The van der Waals surface area contributed by atoms with Gasteiger partial charge >= 0.3 is 6.03 Å². The highest BCUT2D eigenvalue weighted by Crippen LogP contribution is 2.39. The second-order valence-corrected chi connectivity index (χ2v) is 6.59. The first-order chi connectivity index (χ1) is 13.5. The molecule has 0 spiro atoms. The van der Waals surface area contributed by atoms with Gasteiger partial charge in [0, 0.05) is 18.4 Å². The average Bonchev–Trinajstić information content (AvgIpc) is 2.78. The van der Waals surface area contributed by atoms with Crippen LogP contribution in [0.2, 0.25) is 0 Å². The third-order valence-electron chi connectivity index (χ3n) is 4.50. The van der Waals surface area contributed by atoms with E-state index in [1.165, 1.54) is 0 Å². The zero-order valence-electron chi connectivity index (χ0n) is 15.5. The molecule has 28 heavy (non-hydrogen) atoms. The summed E-state index contributed by atoms with van der Waals surface area (Å²) in [6.45, 7) is 1.96. The first-order valence-electron chi connectivity index (χ1n) is 8.85. The van der Waals surface area contributed by atoms with Gasteiger partial charge in [0.15, 0.2) is 5.75 Å². The number of carbonyl (C=O) groups is 2. The van der Waals surface area contributed by atoms with Crippen LogP contribution in [0.3, 0.4) is 0 Å². The number of hydrogen-bond donors (Lipinski definition) is 2. The van der Waals surface area contributed by atoms with Gasteiger partial charge in [-0.1, -0.05) is 24.3 Å². The van der Waals surface area contributed by atoms with Crippen molar-refractivity contribution in [3.63, 3.8) is 0 Å². The van der Waals surface area contributed by atoms with Gasteiger partial charge in [0.2, 0.25) is 0 Å². The number of carbonyl (C=O) groups excluding carboxylic acids is 2. The maximum absolute atomic E-state index is 13.0. The van der Waals surface area contributed by atoms with Crippen LogP contribution in [0.5, 0.6) is 11.5 Å². The number of fused-ring (bicyclic) bond motifs is 2. The fraction of sp³-hybridized carbons (Fsp3) is 0.0909. The summed E-state index contributed by atoms with van der Waals surface area (Å²) in [4.78, 5) is 26.7. The molecule has 1 aliphatic heterocycles. The molecule has 6 heteroatoms. The van der Waals surface area contributed by atoms with E-state index in [9.17, 15) is 9.59 Å². The Labute approximate surface area is 162 Å². The fourth-order valence-electron chi connectivity index (χ4n) is 3.06. The van der Waals surface area contributed by atoms with Gasteiger partial charge < -0.3 is 20.3 Å². The quantitative estimate of drug-likeness (QED) is 0.662. The lowest BCUT2D eigenvalue weighted by atomic mass is 10.1. The Morgan fingerprint density at radius 2 is 1.61 bits per heavy atom. The van der Waals surface area contributed by atoms with E-state index < -0.39 is 0 Å². The Kier molecular flexibility index (Phi) is 4.45. The monoisotopic (exact) mass is 373 g/mol. The number of nitrogens with zero attached hydrogens (tertiary/aromatic N) is 1. The Balaban J connectivity index is 1.60. The zero-order chi connectivity index (χ0) is 19.7. The van der Waals surface area contributed by atoms with Crippen molar-refractivity contribution in [3.8, 4) is 11.5 Å². The van der Waals surface area contributed by atoms with Gasteiger partial charge in [-0.2, -0.15) is 0 Å². The van der Waals surface area contributed by atoms with E-state index in [1.54, 1.807) is 42.3 Å². The number of para-hydroxylation sites is 1. The first-order valence-corrected chi connectivity index (χ1v) is 8.85. The van der Waals surface area contributed by atoms with Crippen molar-refractivity contribution in [1.82, 2.24) is 0 Å². The highest BCUT2D eigenvalue weighted by molar-refractivity contribution is 6.10. The third-order valence-corrected chi connectivity index (χ3v) is 4.50. The number of rotatable bonds is 2. The summed E-state index contributed by atoms with van der Waals surface area (Å²) >= 11 is 0. The molecule has 0 atom stereocenters. The number of amides is 3. The Morgan fingerprint density at radius 3 is 2.39 bits per heavy atom. The molecule has 3 amide bonds. The van der Waals surface area contributed by atoms with Crippen LogP contribution in [0, 0.1) is 6.92 Å². The third kappa shape index (κ3) is 3.40. The molecule has 1 heterocycles. The SMILES string of the molecule is Cc1ccc2c(c1)N(C)C(=O)c1cc(NC(=O)Nc3ccccc3)ccc1O2. The molecule has 3 aromatic carbocycles. The molecule has 0 aromatic heterocycles. The van der Waals surface area contributed by atoms with Crippen LogP contribution in [-0.2, 0) is 0 Å². The summed E-state index contributed by atoms with van der Waals surface area (Å²) in [5.41, 5.74) is 3.30. The van der Waals surface area contributed by atoms with Crippen molar-refractivity contribution in [2.24, 2.45) is 0 Å². The molecule has 0 saturated carbocycles. The van der Waals surface area contributed by atoms with Gasteiger partial charge in [-0.05, 0) is 55.0 Å². The predicted octanol–water partition coefficient (Wildman–Crippen LogP) is 5.02. The molecule has 2 N–H and O–H groups in total. The smallest absolute Gasteiger partial charge is 0.323 e. The standard InChI is InChI=1S/C22H19N3O3/c1-14-8-10-20-18(12-14)25(2)21(26)17-13-16(9-11-19(17)28-20)24-22(27)23-15-6-4-3-5-7-15/h3-13H,1-2H3,(H2,23,24,27). The van der Waals surface area contributed by atoms with Gasteiger partial charge in [0.25, 0.3) is 5.91 Å². The van der Waals surface area contributed by atoms with Crippen LogP contribution in [0.15, 0.2) is 66.7 Å². The summed E-state index contributed by atoms with van der Waals surface area (Å²) < 4.78 is 5.96. The molecule has 0 fully saturated rings. The van der Waals surface area contributed by atoms with Crippen molar-refractivity contribution >= 4 is 29.0 Å². The molecular formula is C22H19N3O3. The first kappa shape index (κ1) is 17.6. The zero-order valence-corrected chi connectivity index (χ0v) is 15.5. The molecule has 4 rings (SSSR count). The fourth-order valence-corrected chi connectivity index (χ4v) is 3.06. The summed E-state index contributed by atoms with van der Waals surface area (Å²) in [6, 6.07) is 19.5. The molecule has 0 bridgehead atoms. The van der Waals surface area contributed by atoms with Gasteiger partial charge in [0.1, 0.15) is 5.75 Å². The van der Waals surface area contributed by atoms with Crippen LogP contribution >= 0.6 is 0 Å². The van der Waals surface area contributed by atoms with E-state index >= 15 is 0 Å². The lowest BCUT2D eigenvalue weighted by molar-refractivity contribution is 0.0993. The molecule has 0 saturated heterocycles. The van der Waals surface area contributed by atoms with Gasteiger partial charge in [-0.25, -0.2) is 4.79 Å². The summed E-state index contributed by atoms with van der Waals surface area (Å²) in [5.74, 6) is 0.864. The number of nitrogens with one attached hydrogen (secondary N) is 2. The summed E-state index contributed by atoms with van der Waals surface area (Å²) in [6.07, 6.45) is 0. The van der Waals surface area contributed by atoms with Gasteiger partial charge in [-0.3, -0.25) is 4.79 Å².